The summed E-state index contributed by atoms with van der Waals surface area (Å²) < 4.78 is 0. The van der Waals surface area contributed by atoms with Gasteiger partial charge >= 0.3 is 0 Å². The van der Waals surface area contributed by atoms with Crippen LogP contribution in [0.5, 0.6) is 0 Å². The minimum Gasteiger partial charge on any atom is -0.401 e. The molecule has 5 heterocycles. The van der Waals surface area contributed by atoms with E-state index in [1.54, 1.807) is 0 Å². The fraction of sp³-hybridized carbons (Fsp3) is 0.462. The second kappa shape index (κ2) is 11.6. The highest BCUT2D eigenvalue weighted by Crippen LogP contribution is 2.54. The van der Waals surface area contributed by atoms with E-state index in [2.05, 4.69) is 90.8 Å². The third kappa shape index (κ3) is 4.29. The number of fused-ring (bicyclic) bond motifs is 6. The van der Waals surface area contributed by atoms with Crippen LogP contribution in [-0.2, 0) is 12.8 Å². The summed E-state index contributed by atoms with van der Waals surface area (Å²) in [5.74, 6) is 0.0349. The molecule has 3 N–H and O–H groups in total. The number of nitrogens with one attached hydrogen (secondary N) is 1. The lowest BCUT2D eigenvalue weighted by molar-refractivity contribution is 0.290. The second-order valence-corrected chi connectivity index (χ2v) is 12.5. The van der Waals surface area contributed by atoms with Crippen molar-refractivity contribution in [3.05, 3.63) is 91.4 Å². The lowest BCUT2D eigenvalue weighted by atomic mass is 9.65. The maximum absolute atomic E-state index is 6.90. The molecule has 44 heavy (non-hydrogen) atoms. The van der Waals surface area contributed by atoms with Crippen molar-refractivity contribution in [2.75, 3.05) is 0 Å². The van der Waals surface area contributed by atoms with E-state index in [0.717, 1.165) is 96.9 Å². The topological polar surface area (TPSA) is 78.9 Å². The number of aromatic nitrogens is 1. The standard InChI is InChI=1S/C39H49N5/c1-9-22-23(10-2)32-20-33-26(13-5)27(14-6)37(43-33)28-17-18-29(40)36-38(28)44-35(39(36,15-7)16-8)21-34-25(12-4)24(11-3)31(42-34)19-30(22)41-32/h17-21,36,42H,9-16,40H2,1-8H3. The van der Waals surface area contributed by atoms with Crippen molar-refractivity contribution in [1.29, 1.82) is 0 Å². The fourth-order valence-corrected chi connectivity index (χ4v) is 8.52. The number of aromatic amines is 1. The van der Waals surface area contributed by atoms with Gasteiger partial charge in [-0.25, -0.2) is 9.98 Å². The van der Waals surface area contributed by atoms with Gasteiger partial charge in [-0.1, -0.05) is 55.4 Å². The monoisotopic (exact) mass is 587 g/mol. The zero-order valence-corrected chi connectivity index (χ0v) is 28.0. The minimum absolute atomic E-state index is 0.0349. The molecule has 1 atom stereocenters. The number of rotatable bonds is 8. The zero-order valence-electron chi connectivity index (χ0n) is 28.0. The summed E-state index contributed by atoms with van der Waals surface area (Å²) >= 11 is 0. The van der Waals surface area contributed by atoms with Gasteiger partial charge in [-0.05, 0) is 115 Å². The Bertz CT molecular complexity index is 1730. The van der Waals surface area contributed by atoms with Crippen LogP contribution in [-0.4, -0.2) is 22.1 Å². The normalized spacial score (nSPS) is 22.0. The molecule has 1 aromatic rings. The highest BCUT2D eigenvalue weighted by Gasteiger charge is 2.51. The third-order valence-corrected chi connectivity index (χ3v) is 10.8. The number of hydrogen-bond donors (Lipinski definition) is 2. The van der Waals surface area contributed by atoms with Gasteiger partial charge in [-0.2, -0.15) is 0 Å². The Kier molecular flexibility index (Phi) is 8.02. The van der Waals surface area contributed by atoms with Gasteiger partial charge in [0, 0.05) is 33.8 Å². The van der Waals surface area contributed by atoms with Gasteiger partial charge in [0.2, 0.25) is 0 Å². The highest BCUT2D eigenvalue weighted by molar-refractivity contribution is 6.34. The maximum atomic E-state index is 6.90. The number of nitrogens with two attached hydrogens (primary N) is 1. The van der Waals surface area contributed by atoms with Crippen molar-refractivity contribution in [3.8, 4) is 0 Å². The Morgan fingerprint density at radius 2 is 1.25 bits per heavy atom. The molecule has 0 aromatic carbocycles. The molecule has 1 aromatic heterocycles. The molecule has 0 saturated heterocycles. The summed E-state index contributed by atoms with van der Waals surface area (Å²) in [4.78, 5) is 20.2. The molecule has 5 heteroatoms. The molecule has 8 bridgehead atoms. The first-order valence-electron chi connectivity index (χ1n) is 17.1. The van der Waals surface area contributed by atoms with Crippen molar-refractivity contribution < 1.29 is 0 Å². The summed E-state index contributed by atoms with van der Waals surface area (Å²) in [6.07, 6.45) is 18.8. The van der Waals surface area contributed by atoms with Crippen LogP contribution in [0.25, 0.3) is 12.2 Å². The summed E-state index contributed by atoms with van der Waals surface area (Å²) in [6, 6.07) is 0. The molecule has 1 aliphatic carbocycles. The number of nitrogens with zero attached hydrogens (tertiary/aromatic N) is 3. The molecule has 230 valence electrons. The van der Waals surface area contributed by atoms with Gasteiger partial charge in [-0.3, -0.25) is 4.99 Å². The molecular weight excluding hydrogens is 538 g/mol. The first-order chi connectivity index (χ1) is 21.3. The number of allylic oxidation sites excluding steroid dienone is 10. The largest absolute Gasteiger partial charge is 0.401 e. The van der Waals surface area contributed by atoms with Crippen LogP contribution >= 0.6 is 0 Å². The van der Waals surface area contributed by atoms with Gasteiger partial charge in [0.1, 0.15) is 0 Å². The van der Waals surface area contributed by atoms with Crippen molar-refractivity contribution in [3.63, 3.8) is 0 Å². The smallest absolute Gasteiger partial charge is 0.0763 e. The highest BCUT2D eigenvalue weighted by atomic mass is 14.9. The molecular formula is C39H49N5. The molecule has 1 unspecified atom stereocenters. The van der Waals surface area contributed by atoms with Crippen molar-refractivity contribution >= 4 is 29.3 Å². The Labute approximate surface area is 264 Å². The second-order valence-electron chi connectivity index (χ2n) is 12.5. The van der Waals surface area contributed by atoms with Gasteiger partial charge in [0.05, 0.1) is 34.4 Å². The van der Waals surface area contributed by atoms with E-state index < -0.39 is 0 Å². The summed E-state index contributed by atoms with van der Waals surface area (Å²) in [5.41, 5.74) is 25.6. The quantitative estimate of drug-likeness (QED) is 0.312. The van der Waals surface area contributed by atoms with Crippen LogP contribution in [0.1, 0.15) is 116 Å². The first-order valence-corrected chi connectivity index (χ1v) is 17.1. The van der Waals surface area contributed by atoms with Crippen LogP contribution in [0.2, 0.25) is 0 Å². The van der Waals surface area contributed by atoms with Gasteiger partial charge in [0.15, 0.2) is 0 Å². The van der Waals surface area contributed by atoms with Gasteiger partial charge < -0.3 is 10.7 Å². The van der Waals surface area contributed by atoms with Crippen LogP contribution in [0.3, 0.4) is 0 Å². The van der Waals surface area contributed by atoms with Crippen LogP contribution in [0.15, 0.2) is 83.9 Å². The van der Waals surface area contributed by atoms with E-state index >= 15 is 0 Å². The average molecular weight is 588 g/mol. The molecule has 0 amide bonds. The lowest BCUT2D eigenvalue weighted by Gasteiger charge is -2.37. The average Bonchev–Trinajstić information content (AvgIpc) is 3.75. The van der Waals surface area contributed by atoms with Crippen molar-refractivity contribution in [2.45, 2.75) is 107 Å². The van der Waals surface area contributed by atoms with Gasteiger partial charge in [0.25, 0.3) is 0 Å². The SMILES string of the molecule is CCC1=C(CC)C2=NC1=Cc1[nH]c(c(CC)c1CC)C=C1N=C3C(=CC=C(N)C3C1(CC)CC)C1=NC(=C2)C(CC)=C1CC. The molecule has 0 radical (unpaired) electrons. The minimum atomic E-state index is -0.176. The Morgan fingerprint density at radius 1 is 0.659 bits per heavy atom. The van der Waals surface area contributed by atoms with Crippen LogP contribution in [0, 0.1) is 11.3 Å². The Balaban J connectivity index is 1.73. The summed E-state index contributed by atoms with van der Waals surface area (Å²) in [5, 5.41) is 0. The lowest BCUT2D eigenvalue weighted by Crippen LogP contribution is -2.38. The molecule has 0 saturated carbocycles. The van der Waals surface area contributed by atoms with E-state index in [9.17, 15) is 0 Å². The predicted molar refractivity (Wildman–Crippen MR) is 188 cm³/mol. The summed E-state index contributed by atoms with van der Waals surface area (Å²) in [6.45, 7) is 18.1. The molecule has 6 rings (SSSR count). The molecule has 4 aliphatic heterocycles. The van der Waals surface area contributed by atoms with E-state index in [0.29, 0.717) is 0 Å². The van der Waals surface area contributed by atoms with E-state index in [-0.39, 0.29) is 11.3 Å². The Morgan fingerprint density at radius 3 is 1.84 bits per heavy atom. The number of hydrogen-bond acceptors (Lipinski definition) is 4. The molecule has 0 spiro atoms. The molecule has 0 fully saturated rings. The number of aliphatic imine (C=N–C) groups is 3. The van der Waals surface area contributed by atoms with Crippen molar-refractivity contribution in [1.82, 2.24) is 4.98 Å². The summed E-state index contributed by atoms with van der Waals surface area (Å²) in [7, 11) is 0. The first kappa shape index (κ1) is 30.3. The maximum Gasteiger partial charge on any atom is 0.0763 e. The van der Waals surface area contributed by atoms with Crippen molar-refractivity contribution in [2.24, 2.45) is 32.0 Å². The molecule has 5 nitrogen and oxygen atoms in total. The van der Waals surface area contributed by atoms with E-state index in [4.69, 9.17) is 20.7 Å². The number of H-pyrrole nitrogens is 1. The predicted octanol–water partition coefficient (Wildman–Crippen LogP) is 9.52. The van der Waals surface area contributed by atoms with E-state index in [1.807, 2.05) is 0 Å². The molecule has 5 aliphatic rings. The van der Waals surface area contributed by atoms with E-state index in [1.165, 1.54) is 44.8 Å². The zero-order chi connectivity index (χ0) is 31.3. The fourth-order valence-electron chi connectivity index (χ4n) is 8.52. The van der Waals surface area contributed by atoms with Crippen LogP contribution < -0.4 is 5.73 Å². The Hall–Kier alpha value is -3.73. The van der Waals surface area contributed by atoms with Crippen LogP contribution in [0.4, 0.5) is 0 Å². The van der Waals surface area contributed by atoms with Gasteiger partial charge in [-0.15, -0.1) is 0 Å². The third-order valence-electron chi connectivity index (χ3n) is 10.8.